The predicted molar refractivity (Wildman–Crippen MR) is 81.9 cm³/mol. The van der Waals surface area contributed by atoms with Gasteiger partial charge in [-0.15, -0.1) is 11.6 Å². The molecule has 0 aromatic heterocycles. The normalized spacial score (nSPS) is 15.4. The minimum absolute atomic E-state index is 0.147. The van der Waals surface area contributed by atoms with Crippen LogP contribution in [0.2, 0.25) is 0 Å². The number of benzene rings is 1. The predicted octanol–water partition coefficient (Wildman–Crippen LogP) is 3.36. The van der Waals surface area contributed by atoms with Crippen molar-refractivity contribution in [1.82, 2.24) is 4.90 Å². The first-order valence-corrected chi connectivity index (χ1v) is 7.87. The first kappa shape index (κ1) is 15.3. The largest absolute Gasteiger partial charge is 0.492 e. The zero-order valence-electron chi connectivity index (χ0n) is 11.8. The molecule has 1 aliphatic rings. The lowest BCUT2D eigenvalue weighted by atomic mass is 10.1. The SMILES string of the molecule is O=C(CCCCl)c1ccc(OCCN2CCCC2)cc1. The van der Waals surface area contributed by atoms with Crippen LogP contribution in [0.5, 0.6) is 5.75 Å². The molecular formula is C16H22ClNO2. The van der Waals surface area contributed by atoms with Crippen LogP contribution >= 0.6 is 11.6 Å². The highest BCUT2D eigenvalue weighted by molar-refractivity contribution is 6.18. The van der Waals surface area contributed by atoms with Gasteiger partial charge in [0.25, 0.3) is 0 Å². The van der Waals surface area contributed by atoms with Gasteiger partial charge in [-0.1, -0.05) is 0 Å². The number of carbonyl (C=O) groups excluding carboxylic acids is 1. The van der Waals surface area contributed by atoms with Crippen molar-refractivity contribution in [2.75, 3.05) is 32.1 Å². The molecule has 3 nitrogen and oxygen atoms in total. The molecule has 4 heteroatoms. The molecule has 1 aliphatic heterocycles. The Morgan fingerprint density at radius 1 is 1.20 bits per heavy atom. The summed E-state index contributed by atoms with van der Waals surface area (Å²) in [6.07, 6.45) is 3.85. The van der Waals surface area contributed by atoms with Crippen molar-refractivity contribution in [3.8, 4) is 5.75 Å². The minimum Gasteiger partial charge on any atom is -0.492 e. The highest BCUT2D eigenvalue weighted by atomic mass is 35.5. The van der Waals surface area contributed by atoms with Crippen molar-refractivity contribution < 1.29 is 9.53 Å². The van der Waals surface area contributed by atoms with E-state index in [2.05, 4.69) is 4.90 Å². The summed E-state index contributed by atoms with van der Waals surface area (Å²) in [6, 6.07) is 7.42. The number of ether oxygens (including phenoxy) is 1. The maximum atomic E-state index is 11.8. The molecule has 0 N–H and O–H groups in total. The number of alkyl halides is 1. The summed E-state index contributed by atoms with van der Waals surface area (Å²) in [7, 11) is 0. The second-order valence-electron chi connectivity index (χ2n) is 5.14. The van der Waals surface area contributed by atoms with Gasteiger partial charge in [-0.3, -0.25) is 9.69 Å². The highest BCUT2D eigenvalue weighted by Gasteiger charge is 2.11. The lowest BCUT2D eigenvalue weighted by molar-refractivity contribution is 0.0982. The lowest BCUT2D eigenvalue weighted by Crippen LogP contribution is -2.25. The van der Waals surface area contributed by atoms with Gasteiger partial charge >= 0.3 is 0 Å². The zero-order chi connectivity index (χ0) is 14.2. The third-order valence-electron chi connectivity index (χ3n) is 3.59. The summed E-state index contributed by atoms with van der Waals surface area (Å²) in [5.41, 5.74) is 0.738. The van der Waals surface area contributed by atoms with E-state index in [0.29, 0.717) is 18.9 Å². The van der Waals surface area contributed by atoms with E-state index >= 15 is 0 Å². The van der Waals surface area contributed by atoms with E-state index in [9.17, 15) is 4.79 Å². The smallest absolute Gasteiger partial charge is 0.162 e. The van der Waals surface area contributed by atoms with Crippen molar-refractivity contribution in [3.05, 3.63) is 29.8 Å². The van der Waals surface area contributed by atoms with Gasteiger partial charge in [-0.05, 0) is 56.6 Å². The maximum absolute atomic E-state index is 11.8. The number of rotatable bonds is 8. The van der Waals surface area contributed by atoms with Crippen molar-refractivity contribution in [2.45, 2.75) is 25.7 Å². The standard InChI is InChI=1S/C16H22ClNO2/c17-9-3-4-16(19)14-5-7-15(8-6-14)20-13-12-18-10-1-2-11-18/h5-8H,1-4,9-13H2. The molecule has 1 aromatic rings. The fourth-order valence-corrected chi connectivity index (χ4v) is 2.54. The third-order valence-corrected chi connectivity index (χ3v) is 3.86. The van der Waals surface area contributed by atoms with E-state index in [1.807, 2.05) is 24.3 Å². The number of ketones is 1. The topological polar surface area (TPSA) is 29.5 Å². The minimum atomic E-state index is 0.147. The molecule has 110 valence electrons. The molecule has 1 heterocycles. The van der Waals surface area contributed by atoms with Crippen LogP contribution in [-0.2, 0) is 0 Å². The zero-order valence-corrected chi connectivity index (χ0v) is 12.6. The van der Waals surface area contributed by atoms with Crippen molar-refractivity contribution in [3.63, 3.8) is 0 Å². The summed E-state index contributed by atoms with van der Waals surface area (Å²) >= 11 is 5.59. The Hall–Kier alpha value is -1.06. The summed E-state index contributed by atoms with van der Waals surface area (Å²) in [4.78, 5) is 14.2. The van der Waals surface area contributed by atoms with E-state index in [0.717, 1.165) is 24.3 Å². The van der Waals surface area contributed by atoms with Gasteiger partial charge in [0.05, 0.1) is 0 Å². The van der Waals surface area contributed by atoms with Gasteiger partial charge in [0.15, 0.2) is 5.78 Å². The first-order chi connectivity index (χ1) is 9.79. The summed E-state index contributed by atoms with van der Waals surface area (Å²) in [5, 5.41) is 0. The molecule has 0 atom stereocenters. The van der Waals surface area contributed by atoms with E-state index in [1.54, 1.807) is 0 Å². The molecule has 1 saturated heterocycles. The number of halogens is 1. The molecule has 0 aliphatic carbocycles. The van der Waals surface area contributed by atoms with Gasteiger partial charge in [-0.2, -0.15) is 0 Å². The summed E-state index contributed by atoms with van der Waals surface area (Å²) < 4.78 is 5.71. The van der Waals surface area contributed by atoms with Crippen LogP contribution in [0, 0.1) is 0 Å². The average molecular weight is 296 g/mol. The fourth-order valence-electron chi connectivity index (χ4n) is 2.41. The Balaban J connectivity index is 1.74. The Labute approximate surface area is 125 Å². The molecule has 1 aromatic carbocycles. The van der Waals surface area contributed by atoms with E-state index in [4.69, 9.17) is 16.3 Å². The Kier molecular flexibility index (Phi) is 6.34. The molecule has 20 heavy (non-hydrogen) atoms. The molecule has 0 spiro atoms. The maximum Gasteiger partial charge on any atom is 0.162 e. The number of Topliss-reactive ketones (excluding diaryl/α,β-unsaturated/α-hetero) is 1. The van der Waals surface area contributed by atoms with Crippen LogP contribution in [0.15, 0.2) is 24.3 Å². The Morgan fingerprint density at radius 2 is 1.90 bits per heavy atom. The molecule has 0 unspecified atom stereocenters. The lowest BCUT2D eigenvalue weighted by Gasteiger charge is -2.14. The van der Waals surface area contributed by atoms with Crippen LogP contribution in [0.1, 0.15) is 36.0 Å². The molecule has 0 amide bonds. The van der Waals surface area contributed by atoms with Crippen LogP contribution in [0.3, 0.4) is 0 Å². The molecule has 0 radical (unpaired) electrons. The van der Waals surface area contributed by atoms with Gasteiger partial charge < -0.3 is 4.74 Å². The van der Waals surface area contributed by atoms with E-state index in [1.165, 1.54) is 25.9 Å². The molecular weight excluding hydrogens is 274 g/mol. The first-order valence-electron chi connectivity index (χ1n) is 7.34. The van der Waals surface area contributed by atoms with E-state index < -0.39 is 0 Å². The second-order valence-corrected chi connectivity index (χ2v) is 5.52. The molecule has 0 bridgehead atoms. The third kappa shape index (κ3) is 4.80. The fraction of sp³-hybridized carbons (Fsp3) is 0.562. The quantitative estimate of drug-likeness (QED) is 0.544. The molecule has 2 rings (SSSR count). The molecule has 0 saturated carbocycles. The monoisotopic (exact) mass is 295 g/mol. The van der Waals surface area contributed by atoms with Crippen LogP contribution in [-0.4, -0.2) is 42.8 Å². The average Bonchev–Trinajstić information content (AvgIpc) is 2.99. The van der Waals surface area contributed by atoms with Crippen LogP contribution in [0.25, 0.3) is 0 Å². The van der Waals surface area contributed by atoms with Crippen LogP contribution in [0.4, 0.5) is 0 Å². The number of hydrogen-bond acceptors (Lipinski definition) is 3. The highest BCUT2D eigenvalue weighted by Crippen LogP contribution is 2.15. The number of likely N-dealkylation sites (tertiary alicyclic amines) is 1. The number of nitrogens with zero attached hydrogens (tertiary/aromatic N) is 1. The van der Waals surface area contributed by atoms with Crippen molar-refractivity contribution in [1.29, 1.82) is 0 Å². The summed E-state index contributed by atoms with van der Waals surface area (Å²) in [6.45, 7) is 4.07. The number of carbonyl (C=O) groups is 1. The van der Waals surface area contributed by atoms with Gasteiger partial charge in [0.2, 0.25) is 0 Å². The number of hydrogen-bond donors (Lipinski definition) is 0. The van der Waals surface area contributed by atoms with Crippen LogP contribution < -0.4 is 4.74 Å². The summed E-state index contributed by atoms with van der Waals surface area (Å²) in [5.74, 6) is 1.51. The van der Waals surface area contributed by atoms with Gasteiger partial charge in [-0.25, -0.2) is 0 Å². The van der Waals surface area contributed by atoms with Crippen molar-refractivity contribution >= 4 is 17.4 Å². The Morgan fingerprint density at radius 3 is 2.55 bits per heavy atom. The Bertz CT molecular complexity index is 413. The second kappa shape index (κ2) is 8.28. The van der Waals surface area contributed by atoms with Gasteiger partial charge in [0, 0.05) is 24.4 Å². The van der Waals surface area contributed by atoms with E-state index in [-0.39, 0.29) is 5.78 Å². The van der Waals surface area contributed by atoms with Crippen molar-refractivity contribution in [2.24, 2.45) is 0 Å². The molecule has 1 fully saturated rings. The van der Waals surface area contributed by atoms with Gasteiger partial charge in [0.1, 0.15) is 12.4 Å².